The molecule has 0 aliphatic carbocycles. The Labute approximate surface area is 325 Å². The number of aldehydes is 1. The van der Waals surface area contributed by atoms with Gasteiger partial charge in [-0.15, -0.1) is 0 Å². The number of halogens is 1. The third-order valence-corrected chi connectivity index (χ3v) is 9.54. The minimum absolute atomic E-state index is 0.0843. The van der Waals surface area contributed by atoms with E-state index < -0.39 is 11.6 Å². The number of furan rings is 1. The molecule has 0 amide bonds. The van der Waals surface area contributed by atoms with E-state index in [-0.39, 0.29) is 22.6 Å². The first kappa shape index (κ1) is 46.1. The topological polar surface area (TPSA) is 83.8 Å². The molecule has 1 fully saturated rings. The van der Waals surface area contributed by atoms with Crippen molar-refractivity contribution in [3.05, 3.63) is 77.1 Å². The number of ether oxygens (including phenoxy) is 1. The second-order valence-corrected chi connectivity index (χ2v) is 13.7. The zero-order valence-corrected chi connectivity index (χ0v) is 34.9. The summed E-state index contributed by atoms with van der Waals surface area (Å²) in [6, 6.07) is 13.2. The van der Waals surface area contributed by atoms with E-state index in [0.29, 0.717) is 42.2 Å². The lowest BCUT2D eigenvalue weighted by Gasteiger charge is -2.26. The lowest BCUT2D eigenvalue weighted by molar-refractivity contribution is -0.104. The van der Waals surface area contributed by atoms with Crippen LogP contribution in [0, 0.1) is 11.7 Å². The van der Waals surface area contributed by atoms with E-state index in [1.165, 1.54) is 51.1 Å². The Morgan fingerprint density at radius 3 is 2.37 bits per heavy atom. The van der Waals surface area contributed by atoms with Gasteiger partial charge in [-0.1, -0.05) is 106 Å². The number of carbonyl (C=O) groups is 2. The molecule has 2 atom stereocenters. The smallest absolute Gasteiger partial charge is 0.196 e. The lowest BCUT2D eigenvalue weighted by atomic mass is 9.90. The molecule has 2 N–H and O–H groups in total. The van der Waals surface area contributed by atoms with Crippen molar-refractivity contribution in [3.8, 4) is 11.5 Å². The Morgan fingerprint density at radius 2 is 1.74 bits per heavy atom. The van der Waals surface area contributed by atoms with Crippen molar-refractivity contribution in [2.24, 2.45) is 5.92 Å². The average Bonchev–Trinajstić information content (AvgIpc) is 3.78. The fraction of sp³-hybridized carbons (Fsp3) is 0.522. The number of benzene rings is 3. The van der Waals surface area contributed by atoms with Crippen LogP contribution >= 0.6 is 0 Å². The summed E-state index contributed by atoms with van der Waals surface area (Å²) >= 11 is 0. The van der Waals surface area contributed by atoms with Gasteiger partial charge in [0.2, 0.25) is 0 Å². The van der Waals surface area contributed by atoms with Crippen molar-refractivity contribution in [3.63, 3.8) is 0 Å². The summed E-state index contributed by atoms with van der Waals surface area (Å²) in [5, 5.41) is 8.28. The average molecular weight is 746 g/mol. The third kappa shape index (κ3) is 12.3. The maximum atomic E-state index is 15.5. The molecule has 0 spiro atoms. The van der Waals surface area contributed by atoms with Gasteiger partial charge in [-0.2, -0.15) is 0 Å². The molecule has 1 saturated heterocycles. The predicted molar refractivity (Wildman–Crippen MR) is 227 cm³/mol. The fourth-order valence-corrected chi connectivity index (χ4v) is 6.67. The van der Waals surface area contributed by atoms with Crippen molar-refractivity contribution in [2.75, 3.05) is 39.0 Å². The number of nitrogens with one attached hydrogen (secondary N) is 2. The van der Waals surface area contributed by atoms with Crippen LogP contribution in [0.15, 0.2) is 59.0 Å². The minimum atomic E-state index is -0.610. The molecule has 0 radical (unpaired) electrons. The standard InChI is InChI=1S/C30H27FN2O4.C9H21N.C3H8.2C2H6/c1-17(16-34)29(35)22-14-24(31)28(32-10-9-19-6-5-11-33(19)2)30-23(22)12-18-13-27-21(15-26(18)37-30)20-7-3-4-8-25(20)36-27;1-4-5-6-9(2)7-8-10-3;1-3-2;2*1-2/h3-4,7-8,13-16,19,32H,1,5-6,9-12H2,2H3;9-10H,4-8H2,1-3H3;3H2,1-2H3;2*1-2H3. The van der Waals surface area contributed by atoms with Gasteiger partial charge in [-0.25, -0.2) is 4.39 Å². The summed E-state index contributed by atoms with van der Waals surface area (Å²) in [7, 11) is 4.13. The zero-order valence-electron chi connectivity index (χ0n) is 34.9. The summed E-state index contributed by atoms with van der Waals surface area (Å²) in [6.45, 7) is 23.2. The highest BCUT2D eigenvalue weighted by atomic mass is 19.1. The number of anilines is 1. The Balaban J connectivity index is 0.000000505. The monoisotopic (exact) mass is 746 g/mol. The molecule has 0 saturated carbocycles. The first-order valence-electron chi connectivity index (χ1n) is 20.4. The van der Waals surface area contributed by atoms with Gasteiger partial charge >= 0.3 is 0 Å². The van der Waals surface area contributed by atoms with E-state index in [9.17, 15) is 9.59 Å². The van der Waals surface area contributed by atoms with Crippen LogP contribution < -0.4 is 15.4 Å². The Bertz CT molecular complexity index is 1760. The number of ketones is 1. The summed E-state index contributed by atoms with van der Waals surface area (Å²) < 4.78 is 27.9. The molecule has 8 heteroatoms. The van der Waals surface area contributed by atoms with Crippen LogP contribution in [0.2, 0.25) is 0 Å². The first-order valence-corrected chi connectivity index (χ1v) is 20.4. The van der Waals surface area contributed by atoms with Gasteiger partial charge < -0.3 is 24.7 Å². The number of para-hydroxylation sites is 1. The number of allylic oxidation sites excluding steroid dienone is 1. The molecule has 0 bridgehead atoms. The van der Waals surface area contributed by atoms with Gasteiger partial charge in [0.15, 0.2) is 23.6 Å². The van der Waals surface area contributed by atoms with Gasteiger partial charge in [0, 0.05) is 46.5 Å². The fourth-order valence-electron chi connectivity index (χ4n) is 6.67. The number of likely N-dealkylation sites (tertiary alicyclic amines) is 1. The maximum absolute atomic E-state index is 15.5. The molecule has 6 rings (SSSR count). The summed E-state index contributed by atoms with van der Waals surface area (Å²) in [4.78, 5) is 26.6. The van der Waals surface area contributed by atoms with Crippen molar-refractivity contribution in [1.82, 2.24) is 10.2 Å². The number of hydrogen-bond donors (Lipinski definition) is 2. The quantitative estimate of drug-likeness (QED) is 0.0408. The van der Waals surface area contributed by atoms with Gasteiger partial charge in [0.1, 0.15) is 22.6 Å². The molecular formula is C46H68FN3O4. The molecular weight excluding hydrogens is 678 g/mol. The van der Waals surface area contributed by atoms with Crippen molar-refractivity contribution < 1.29 is 23.1 Å². The van der Waals surface area contributed by atoms with Crippen molar-refractivity contribution in [2.45, 2.75) is 119 Å². The number of carbonyl (C=O) groups excluding carboxylic acids is 2. The number of unbranched alkanes of at least 4 members (excludes halogenated alkanes) is 1. The van der Waals surface area contributed by atoms with Gasteiger partial charge in [-0.05, 0) is 83.1 Å². The number of fused-ring (bicyclic) bond motifs is 5. The van der Waals surface area contributed by atoms with Crippen LogP contribution in [0.3, 0.4) is 0 Å². The van der Waals surface area contributed by atoms with Crippen LogP contribution in [-0.2, 0) is 11.2 Å². The van der Waals surface area contributed by atoms with Crippen LogP contribution in [-0.4, -0.2) is 56.7 Å². The highest BCUT2D eigenvalue weighted by Crippen LogP contribution is 2.47. The first-order chi connectivity index (χ1) is 26.2. The molecule has 2 unspecified atom stereocenters. The largest absolute Gasteiger partial charge is 0.456 e. The van der Waals surface area contributed by atoms with E-state index in [0.717, 1.165) is 47.2 Å². The second kappa shape index (κ2) is 24.4. The molecule has 298 valence electrons. The molecule has 2 aliphatic heterocycles. The van der Waals surface area contributed by atoms with Gasteiger partial charge in [-0.3, -0.25) is 9.59 Å². The van der Waals surface area contributed by atoms with E-state index in [4.69, 9.17) is 9.15 Å². The number of hydrogen-bond acceptors (Lipinski definition) is 7. The number of nitrogens with zero attached hydrogens (tertiary/aromatic N) is 1. The molecule has 7 nitrogen and oxygen atoms in total. The molecule has 2 aliphatic rings. The highest BCUT2D eigenvalue weighted by Gasteiger charge is 2.30. The molecule has 3 aromatic carbocycles. The lowest BCUT2D eigenvalue weighted by Crippen LogP contribution is -2.27. The second-order valence-electron chi connectivity index (χ2n) is 13.7. The van der Waals surface area contributed by atoms with Crippen molar-refractivity contribution >= 4 is 39.7 Å². The van der Waals surface area contributed by atoms with Crippen LogP contribution in [0.25, 0.3) is 21.9 Å². The van der Waals surface area contributed by atoms with E-state index >= 15 is 4.39 Å². The minimum Gasteiger partial charge on any atom is -0.456 e. The Morgan fingerprint density at radius 1 is 1.04 bits per heavy atom. The normalized spacial score (nSPS) is 14.6. The number of rotatable bonds is 13. The van der Waals surface area contributed by atoms with Crippen LogP contribution in [0.4, 0.5) is 10.1 Å². The van der Waals surface area contributed by atoms with Crippen molar-refractivity contribution in [1.29, 1.82) is 0 Å². The molecule has 3 heterocycles. The number of Topliss-reactive ketones (excluding diaryl/α,β-unsaturated/α-hetero) is 1. The van der Waals surface area contributed by atoms with Gasteiger partial charge in [0.05, 0.1) is 5.57 Å². The highest BCUT2D eigenvalue weighted by molar-refractivity contribution is 6.20. The Kier molecular flexibility index (Phi) is 20.9. The Hall–Kier alpha value is -4.01. The zero-order chi connectivity index (χ0) is 40.2. The molecule has 1 aromatic heterocycles. The third-order valence-electron chi connectivity index (χ3n) is 9.54. The maximum Gasteiger partial charge on any atom is 0.196 e. The van der Waals surface area contributed by atoms with Gasteiger partial charge in [0.25, 0.3) is 0 Å². The SMILES string of the molecule is C=C(C=O)C(=O)c1cc(F)c(NCCC2CCCN2C)c2c1Cc1cc3oc4ccccc4c3cc1O2.CC.CC.CCC.CCCCC(C)CCNC. The van der Waals surface area contributed by atoms with Crippen LogP contribution in [0.1, 0.15) is 128 Å². The predicted octanol–water partition coefficient (Wildman–Crippen LogP) is 12.1. The molecule has 54 heavy (non-hydrogen) atoms. The summed E-state index contributed by atoms with van der Waals surface area (Å²) in [6.07, 6.45) is 10.6. The van der Waals surface area contributed by atoms with E-state index in [1.54, 1.807) is 0 Å². The summed E-state index contributed by atoms with van der Waals surface area (Å²) in [5.74, 6) is 0.567. The summed E-state index contributed by atoms with van der Waals surface area (Å²) in [5.41, 5.74) is 2.89. The van der Waals surface area contributed by atoms with E-state index in [2.05, 4.69) is 56.9 Å². The van der Waals surface area contributed by atoms with Crippen LogP contribution in [0.5, 0.6) is 11.5 Å². The van der Waals surface area contributed by atoms with E-state index in [1.807, 2.05) is 71.1 Å². The molecule has 4 aromatic rings.